The van der Waals surface area contributed by atoms with Gasteiger partial charge in [-0.2, -0.15) is 0 Å². The van der Waals surface area contributed by atoms with E-state index in [0.717, 1.165) is 27.9 Å². The van der Waals surface area contributed by atoms with E-state index in [9.17, 15) is 0 Å². The van der Waals surface area contributed by atoms with Crippen molar-refractivity contribution in [3.8, 4) is 45.4 Å². The number of benzene rings is 8. The topological polar surface area (TPSA) is 51.6 Å². The molecule has 0 aliphatic rings. The maximum atomic E-state index is 5.10. The number of thiophene rings is 1. The molecule has 0 radical (unpaired) electrons. The van der Waals surface area contributed by atoms with Crippen molar-refractivity contribution in [3.63, 3.8) is 0 Å². The molecule has 0 unspecified atom stereocenters. The van der Waals surface area contributed by atoms with Gasteiger partial charge in [0.2, 0.25) is 0 Å². The van der Waals surface area contributed by atoms with E-state index >= 15 is 0 Å². The molecule has 0 fully saturated rings. The first-order valence-corrected chi connectivity index (χ1v) is 18.5. The van der Waals surface area contributed by atoms with E-state index in [1.165, 1.54) is 63.3 Å². The number of rotatable bonds is 4. The Morgan fingerprint density at radius 3 is 1.68 bits per heavy atom. The summed E-state index contributed by atoms with van der Waals surface area (Å²) >= 11 is 1.87. The summed E-state index contributed by atoms with van der Waals surface area (Å²) in [7, 11) is 0. The normalized spacial score (nSPS) is 11.8. The molecule has 0 saturated heterocycles. The fourth-order valence-electron chi connectivity index (χ4n) is 7.81. The van der Waals surface area contributed by atoms with Gasteiger partial charge >= 0.3 is 0 Å². The first-order chi connectivity index (χ1) is 26.2. The zero-order chi connectivity index (χ0) is 34.9. The van der Waals surface area contributed by atoms with Gasteiger partial charge < -0.3 is 0 Å². The molecule has 5 heteroatoms. The van der Waals surface area contributed by atoms with Gasteiger partial charge in [0.1, 0.15) is 0 Å². The van der Waals surface area contributed by atoms with Crippen molar-refractivity contribution in [2.75, 3.05) is 0 Å². The minimum absolute atomic E-state index is 0.629. The lowest BCUT2D eigenvalue weighted by Crippen LogP contribution is -2.00. The van der Waals surface area contributed by atoms with E-state index in [1.807, 2.05) is 66.1 Å². The average Bonchev–Trinajstić information content (AvgIpc) is 3.62. The maximum absolute atomic E-state index is 5.10. The third-order valence-corrected chi connectivity index (χ3v) is 11.5. The van der Waals surface area contributed by atoms with Crippen molar-refractivity contribution < 1.29 is 0 Å². The molecule has 3 aromatic heterocycles. The van der Waals surface area contributed by atoms with E-state index in [4.69, 9.17) is 15.0 Å². The lowest BCUT2D eigenvalue weighted by molar-refractivity contribution is 1.07. The van der Waals surface area contributed by atoms with E-state index in [1.54, 1.807) is 0 Å². The number of hydrogen-bond donors (Lipinski definition) is 0. The Morgan fingerprint density at radius 2 is 0.925 bits per heavy atom. The van der Waals surface area contributed by atoms with Crippen LogP contribution in [0.15, 0.2) is 170 Å². The number of fused-ring (bicyclic) bond motifs is 11. The third-order valence-electron chi connectivity index (χ3n) is 10.3. The molecule has 0 aliphatic carbocycles. The molecule has 11 rings (SSSR count). The molecule has 0 spiro atoms. The Bertz CT molecular complexity index is 3210. The first kappa shape index (κ1) is 29.9. The predicted molar refractivity (Wildman–Crippen MR) is 222 cm³/mol. The van der Waals surface area contributed by atoms with Crippen LogP contribution in [0.25, 0.3) is 109 Å². The highest BCUT2D eigenvalue weighted by Crippen LogP contribution is 2.44. The third kappa shape index (κ3) is 4.90. The fraction of sp³-hybridized carbons (Fsp3) is 0. The molecule has 0 N–H and O–H groups in total. The highest BCUT2D eigenvalue weighted by Gasteiger charge is 2.17. The van der Waals surface area contributed by atoms with Crippen LogP contribution < -0.4 is 0 Å². The molecule has 0 aliphatic heterocycles. The van der Waals surface area contributed by atoms with Crippen molar-refractivity contribution in [2.24, 2.45) is 0 Å². The van der Waals surface area contributed by atoms with Gasteiger partial charge in [-0.3, -0.25) is 4.98 Å². The largest absolute Gasteiger partial charge is 0.256 e. The maximum Gasteiger partial charge on any atom is 0.164 e. The van der Waals surface area contributed by atoms with Crippen LogP contribution in [0, 0.1) is 0 Å². The molecule has 246 valence electrons. The molecular formula is C48H28N4S. The van der Waals surface area contributed by atoms with E-state index in [2.05, 4.69) is 120 Å². The Morgan fingerprint density at radius 1 is 0.340 bits per heavy atom. The minimum atomic E-state index is 0.629. The van der Waals surface area contributed by atoms with Crippen LogP contribution in [0.1, 0.15) is 0 Å². The minimum Gasteiger partial charge on any atom is -0.256 e. The van der Waals surface area contributed by atoms with Gasteiger partial charge in [0.15, 0.2) is 17.5 Å². The van der Waals surface area contributed by atoms with Gasteiger partial charge in [0.25, 0.3) is 0 Å². The Labute approximate surface area is 308 Å². The summed E-state index contributed by atoms with van der Waals surface area (Å²) in [5.41, 5.74) is 4.78. The van der Waals surface area contributed by atoms with Crippen LogP contribution >= 0.6 is 11.3 Å². The highest BCUT2D eigenvalue weighted by atomic mass is 32.1. The summed E-state index contributed by atoms with van der Waals surface area (Å²) in [5, 5.41) is 12.6. The van der Waals surface area contributed by atoms with Crippen LogP contribution in [0.4, 0.5) is 0 Å². The zero-order valence-corrected chi connectivity index (χ0v) is 29.2. The summed E-state index contributed by atoms with van der Waals surface area (Å²) in [6, 6.07) is 57.9. The van der Waals surface area contributed by atoms with Crippen LogP contribution in [-0.2, 0) is 0 Å². The second-order valence-electron chi connectivity index (χ2n) is 13.4. The Hall–Kier alpha value is -6.82. The molecule has 4 nitrogen and oxygen atoms in total. The van der Waals surface area contributed by atoms with Crippen LogP contribution in [-0.4, -0.2) is 19.9 Å². The van der Waals surface area contributed by atoms with E-state index in [-0.39, 0.29) is 0 Å². The van der Waals surface area contributed by atoms with E-state index < -0.39 is 0 Å². The van der Waals surface area contributed by atoms with Gasteiger partial charge in [-0.15, -0.1) is 11.3 Å². The quantitative estimate of drug-likeness (QED) is 0.172. The van der Waals surface area contributed by atoms with Gasteiger partial charge in [-0.05, 0) is 79.5 Å². The SMILES string of the molecule is c1ccc(-c2nc(-c3ccc(-c4ccccn4)cc3)nc(-c3ccc4c(c3)c3ccccc3c3cc5c(cc43)sc3ccc4ccccc4c35)n2)cc1. The van der Waals surface area contributed by atoms with Gasteiger partial charge in [-0.25, -0.2) is 15.0 Å². The molecule has 3 heterocycles. The zero-order valence-electron chi connectivity index (χ0n) is 28.4. The van der Waals surface area contributed by atoms with Crippen molar-refractivity contribution in [1.82, 2.24) is 19.9 Å². The van der Waals surface area contributed by atoms with Crippen molar-refractivity contribution >= 4 is 74.6 Å². The van der Waals surface area contributed by atoms with Crippen LogP contribution in [0.3, 0.4) is 0 Å². The van der Waals surface area contributed by atoms with E-state index in [0.29, 0.717) is 17.5 Å². The summed E-state index contributed by atoms with van der Waals surface area (Å²) in [5.74, 6) is 1.91. The second-order valence-corrected chi connectivity index (χ2v) is 14.5. The van der Waals surface area contributed by atoms with Crippen LogP contribution in [0.5, 0.6) is 0 Å². The molecule has 0 atom stereocenters. The molecular weight excluding hydrogens is 665 g/mol. The summed E-state index contributed by atoms with van der Waals surface area (Å²) in [6.07, 6.45) is 1.81. The molecule has 53 heavy (non-hydrogen) atoms. The predicted octanol–water partition coefficient (Wildman–Crippen LogP) is 12.9. The standard InChI is InChI=1S/C48H28N4S/c1-2-11-31(12-3-1)46-50-47(32-19-17-30(18-20-32)42-16-8-9-25-49-42)52-48(51-46)33-21-23-37-38(26-33)35-14-6-7-15-36(35)39-27-41-44(28-40(37)39)53-43-24-22-29-10-4-5-13-34(29)45(41)43/h1-28H. The number of aromatic nitrogens is 4. The molecule has 0 bridgehead atoms. The Balaban J connectivity index is 1.12. The molecule has 8 aromatic carbocycles. The highest BCUT2D eigenvalue weighted by molar-refractivity contribution is 7.26. The summed E-state index contributed by atoms with van der Waals surface area (Å²) in [6.45, 7) is 0. The molecule has 0 saturated carbocycles. The number of nitrogens with zero attached hydrogens (tertiary/aromatic N) is 4. The summed E-state index contributed by atoms with van der Waals surface area (Å²) < 4.78 is 2.62. The average molecular weight is 693 g/mol. The van der Waals surface area contributed by atoms with Crippen molar-refractivity contribution in [1.29, 1.82) is 0 Å². The Kier molecular flexibility index (Phi) is 6.69. The second kappa shape index (κ2) is 11.9. The lowest BCUT2D eigenvalue weighted by Gasteiger charge is -2.13. The number of hydrogen-bond acceptors (Lipinski definition) is 5. The van der Waals surface area contributed by atoms with Gasteiger partial charge in [-0.1, -0.05) is 127 Å². The fourth-order valence-corrected chi connectivity index (χ4v) is 8.95. The van der Waals surface area contributed by atoms with Crippen LogP contribution in [0.2, 0.25) is 0 Å². The van der Waals surface area contributed by atoms with Crippen molar-refractivity contribution in [2.45, 2.75) is 0 Å². The first-order valence-electron chi connectivity index (χ1n) is 17.7. The lowest BCUT2D eigenvalue weighted by atomic mass is 9.92. The smallest absolute Gasteiger partial charge is 0.164 e. The molecule has 0 amide bonds. The van der Waals surface area contributed by atoms with Gasteiger partial charge in [0.05, 0.1) is 5.69 Å². The summed E-state index contributed by atoms with van der Waals surface area (Å²) in [4.78, 5) is 19.7. The van der Waals surface area contributed by atoms with Crippen molar-refractivity contribution in [3.05, 3.63) is 170 Å². The number of pyridine rings is 1. The molecule has 11 aromatic rings. The monoisotopic (exact) mass is 692 g/mol. The van der Waals surface area contributed by atoms with Gasteiger partial charge in [0, 0.05) is 48.6 Å².